The molecule has 0 spiro atoms. The van der Waals surface area contributed by atoms with Crippen molar-refractivity contribution in [3.8, 4) is 10.6 Å². The fraction of sp³-hybridized carbons (Fsp3) is 0.478. The second-order valence-electron chi connectivity index (χ2n) is 8.39. The number of carbonyl (C=O) groups is 1. The fourth-order valence-electron chi connectivity index (χ4n) is 4.77. The Labute approximate surface area is 174 Å². The van der Waals surface area contributed by atoms with Crippen LogP contribution in [0.4, 0.5) is 0 Å². The third-order valence-corrected chi connectivity index (χ3v) is 7.58. The third kappa shape index (κ3) is 3.49. The number of carboxylic acids is 1. The van der Waals surface area contributed by atoms with E-state index in [0.29, 0.717) is 24.1 Å². The number of aromatic nitrogens is 2. The molecule has 5 nitrogen and oxygen atoms in total. The summed E-state index contributed by atoms with van der Waals surface area (Å²) in [6, 6.07) is 8.05. The van der Waals surface area contributed by atoms with Gasteiger partial charge in [-0.05, 0) is 50.0 Å². The van der Waals surface area contributed by atoms with Crippen LogP contribution in [0.5, 0.6) is 0 Å². The maximum atomic E-state index is 12.4. The van der Waals surface area contributed by atoms with Crippen LogP contribution in [0, 0.1) is 5.92 Å². The summed E-state index contributed by atoms with van der Waals surface area (Å²) < 4.78 is 7.62. The van der Waals surface area contributed by atoms with Crippen molar-refractivity contribution < 1.29 is 14.6 Å². The first kappa shape index (κ1) is 18.8. The first-order valence-electron chi connectivity index (χ1n) is 10.5. The number of benzene rings is 1. The zero-order valence-electron chi connectivity index (χ0n) is 16.6. The second-order valence-corrected chi connectivity index (χ2v) is 9.45. The van der Waals surface area contributed by atoms with Gasteiger partial charge < -0.3 is 14.4 Å². The summed E-state index contributed by atoms with van der Waals surface area (Å²) in [5, 5.41) is 12.0. The Kier molecular flexibility index (Phi) is 4.92. The van der Waals surface area contributed by atoms with Gasteiger partial charge in [0.25, 0.3) is 0 Å². The summed E-state index contributed by atoms with van der Waals surface area (Å²) in [5.41, 5.74) is 2.15. The lowest BCUT2D eigenvalue weighted by Gasteiger charge is -2.29. The molecule has 0 saturated heterocycles. The monoisotopic (exact) mass is 410 g/mol. The van der Waals surface area contributed by atoms with Gasteiger partial charge in [0.15, 0.2) is 0 Å². The zero-order valence-corrected chi connectivity index (χ0v) is 17.5. The minimum absolute atomic E-state index is 0.281. The number of thiazole rings is 1. The van der Waals surface area contributed by atoms with Gasteiger partial charge in [-0.2, -0.15) is 0 Å². The van der Waals surface area contributed by atoms with E-state index in [2.05, 4.69) is 4.98 Å². The minimum atomic E-state index is -0.876. The van der Waals surface area contributed by atoms with Crippen LogP contribution >= 0.6 is 11.3 Å². The second kappa shape index (κ2) is 7.58. The van der Waals surface area contributed by atoms with Crippen molar-refractivity contribution in [1.82, 2.24) is 9.55 Å². The van der Waals surface area contributed by atoms with Crippen molar-refractivity contribution in [2.75, 3.05) is 7.11 Å². The molecule has 2 aliphatic carbocycles. The van der Waals surface area contributed by atoms with Crippen LogP contribution < -0.4 is 0 Å². The Hall–Kier alpha value is -2.18. The third-order valence-electron chi connectivity index (χ3n) is 6.40. The predicted molar refractivity (Wildman–Crippen MR) is 115 cm³/mol. The predicted octanol–water partition coefficient (Wildman–Crippen LogP) is 5.55. The van der Waals surface area contributed by atoms with Crippen LogP contribution in [0.15, 0.2) is 30.5 Å². The highest BCUT2D eigenvalue weighted by molar-refractivity contribution is 7.15. The maximum Gasteiger partial charge on any atom is 0.353 e. The number of hydrogen-bond acceptors (Lipinski definition) is 4. The van der Waals surface area contributed by atoms with Gasteiger partial charge in [0.05, 0.1) is 11.7 Å². The van der Waals surface area contributed by atoms with E-state index in [0.717, 1.165) is 47.2 Å². The van der Waals surface area contributed by atoms with E-state index in [9.17, 15) is 9.90 Å². The van der Waals surface area contributed by atoms with Gasteiger partial charge in [-0.3, -0.25) is 0 Å². The summed E-state index contributed by atoms with van der Waals surface area (Å²) in [6.45, 7) is 0.711. The van der Waals surface area contributed by atoms with E-state index in [-0.39, 0.29) is 6.10 Å². The minimum Gasteiger partial charge on any atom is -0.477 e. The largest absolute Gasteiger partial charge is 0.477 e. The standard InChI is InChI=1S/C23H26N2O3S/c1-28-16-6-4-5-14(11-16)13-25-18-8-3-2-7-17(18)20(21(25)23(26)27)22-24-12-19(29-22)15-9-10-15/h2-3,7-8,12,14-16H,4-6,9-11,13H2,1H3,(H,26,27). The molecular weight excluding hydrogens is 384 g/mol. The lowest BCUT2D eigenvalue weighted by atomic mass is 9.87. The molecule has 3 aromatic rings. The van der Waals surface area contributed by atoms with Crippen LogP contribution in [0.1, 0.15) is 59.8 Å². The molecule has 6 heteroatoms. The van der Waals surface area contributed by atoms with Gasteiger partial charge in [0, 0.05) is 35.6 Å². The average Bonchev–Trinajstić information content (AvgIpc) is 3.38. The van der Waals surface area contributed by atoms with Crippen LogP contribution in [0.3, 0.4) is 0 Å². The molecule has 2 saturated carbocycles. The molecule has 0 aliphatic heterocycles. The molecule has 29 heavy (non-hydrogen) atoms. The highest BCUT2D eigenvalue weighted by Gasteiger charge is 2.31. The summed E-state index contributed by atoms with van der Waals surface area (Å²) in [6.07, 6.45) is 9.00. The molecule has 2 atom stereocenters. The lowest BCUT2D eigenvalue weighted by Crippen LogP contribution is -2.25. The van der Waals surface area contributed by atoms with Gasteiger partial charge in [0.1, 0.15) is 10.7 Å². The van der Waals surface area contributed by atoms with E-state index in [1.54, 1.807) is 18.4 Å². The molecule has 1 aromatic carbocycles. The van der Waals surface area contributed by atoms with Gasteiger partial charge in [0.2, 0.25) is 0 Å². The van der Waals surface area contributed by atoms with Crippen LogP contribution in [-0.4, -0.2) is 33.8 Å². The molecule has 2 heterocycles. The van der Waals surface area contributed by atoms with Crippen LogP contribution in [0.2, 0.25) is 0 Å². The molecule has 2 fully saturated rings. The van der Waals surface area contributed by atoms with E-state index in [1.807, 2.05) is 35.0 Å². The van der Waals surface area contributed by atoms with Crippen molar-refractivity contribution in [2.45, 2.75) is 57.1 Å². The van der Waals surface area contributed by atoms with Crippen molar-refractivity contribution in [2.24, 2.45) is 5.92 Å². The number of rotatable bonds is 6. The average molecular weight is 411 g/mol. The maximum absolute atomic E-state index is 12.4. The highest BCUT2D eigenvalue weighted by Crippen LogP contribution is 2.46. The van der Waals surface area contributed by atoms with Gasteiger partial charge >= 0.3 is 5.97 Å². The van der Waals surface area contributed by atoms with E-state index >= 15 is 0 Å². The molecule has 0 amide bonds. The van der Waals surface area contributed by atoms with Gasteiger partial charge in [-0.15, -0.1) is 11.3 Å². The number of para-hydroxylation sites is 1. The quantitative estimate of drug-likeness (QED) is 0.579. The van der Waals surface area contributed by atoms with E-state index < -0.39 is 5.97 Å². The van der Waals surface area contributed by atoms with Crippen molar-refractivity contribution in [1.29, 1.82) is 0 Å². The van der Waals surface area contributed by atoms with Gasteiger partial charge in [-0.1, -0.05) is 24.6 Å². The molecule has 2 aliphatic rings. The zero-order chi connectivity index (χ0) is 20.0. The first-order valence-corrected chi connectivity index (χ1v) is 11.3. The molecule has 5 rings (SSSR count). The Balaban J connectivity index is 1.61. The highest BCUT2D eigenvalue weighted by atomic mass is 32.1. The number of hydrogen-bond donors (Lipinski definition) is 1. The van der Waals surface area contributed by atoms with Crippen LogP contribution in [-0.2, 0) is 11.3 Å². The number of aromatic carboxylic acids is 1. The number of methoxy groups -OCH3 is 1. The normalized spacial score (nSPS) is 22.2. The molecule has 2 unspecified atom stereocenters. The Morgan fingerprint density at radius 2 is 2.10 bits per heavy atom. The smallest absolute Gasteiger partial charge is 0.353 e. The summed E-state index contributed by atoms with van der Waals surface area (Å²) in [7, 11) is 1.78. The number of ether oxygens (including phenoxy) is 1. The molecule has 0 bridgehead atoms. The molecule has 2 aromatic heterocycles. The molecule has 152 valence electrons. The summed E-state index contributed by atoms with van der Waals surface area (Å²) in [5.74, 6) is 0.170. The SMILES string of the molecule is COC1CCCC(Cn2c(C(=O)O)c(-c3ncc(C4CC4)s3)c3ccccc32)C1. The fourth-order valence-corrected chi connectivity index (χ4v) is 5.92. The lowest BCUT2D eigenvalue weighted by molar-refractivity contribution is 0.0470. The number of fused-ring (bicyclic) bond motifs is 1. The van der Waals surface area contributed by atoms with E-state index in [1.165, 1.54) is 17.7 Å². The number of carboxylic acid groups (broad SMARTS) is 1. The van der Waals surface area contributed by atoms with Gasteiger partial charge in [-0.25, -0.2) is 9.78 Å². The first-order chi connectivity index (χ1) is 14.2. The Morgan fingerprint density at radius 3 is 2.86 bits per heavy atom. The Morgan fingerprint density at radius 1 is 1.28 bits per heavy atom. The van der Waals surface area contributed by atoms with Crippen molar-refractivity contribution in [3.05, 3.63) is 41.0 Å². The summed E-state index contributed by atoms with van der Waals surface area (Å²) >= 11 is 1.66. The summed E-state index contributed by atoms with van der Waals surface area (Å²) in [4.78, 5) is 18.4. The van der Waals surface area contributed by atoms with Crippen molar-refractivity contribution >= 4 is 28.2 Å². The molecular formula is C23H26N2O3S. The Bertz CT molecular complexity index is 1050. The number of nitrogens with zero attached hydrogens (tertiary/aromatic N) is 2. The van der Waals surface area contributed by atoms with E-state index in [4.69, 9.17) is 4.74 Å². The molecule has 0 radical (unpaired) electrons. The molecule has 1 N–H and O–H groups in total. The van der Waals surface area contributed by atoms with Crippen LogP contribution in [0.25, 0.3) is 21.5 Å². The van der Waals surface area contributed by atoms with Crippen molar-refractivity contribution in [3.63, 3.8) is 0 Å². The topological polar surface area (TPSA) is 64.3 Å².